The van der Waals surface area contributed by atoms with Crippen LogP contribution in [0.25, 0.3) is 10.1 Å². The summed E-state index contributed by atoms with van der Waals surface area (Å²) in [5, 5.41) is 9.02. The summed E-state index contributed by atoms with van der Waals surface area (Å²) in [5.74, 6) is -0.666. The molecule has 5 heteroatoms. The summed E-state index contributed by atoms with van der Waals surface area (Å²) < 4.78 is 18.6. The zero-order chi connectivity index (χ0) is 11.0. The molecule has 15 heavy (non-hydrogen) atoms. The highest BCUT2D eigenvalue weighted by Crippen LogP contribution is 2.34. The summed E-state index contributed by atoms with van der Waals surface area (Å²) in [7, 11) is 1.43. The molecule has 2 rings (SSSR count). The summed E-state index contributed by atoms with van der Waals surface area (Å²) in [6, 6.07) is 4.12. The lowest BCUT2D eigenvalue weighted by Gasteiger charge is -2.02. The van der Waals surface area contributed by atoms with E-state index in [0.717, 1.165) is 11.3 Å². The van der Waals surface area contributed by atoms with Crippen molar-refractivity contribution < 1.29 is 19.0 Å². The molecule has 0 bridgehead atoms. The number of rotatable bonds is 2. The summed E-state index contributed by atoms with van der Waals surface area (Å²) in [6.07, 6.45) is 0. The molecule has 2 aromatic rings. The van der Waals surface area contributed by atoms with E-state index < -0.39 is 5.97 Å². The largest absolute Gasteiger partial charge is 0.495 e. The van der Waals surface area contributed by atoms with Crippen LogP contribution in [0.1, 0.15) is 10.4 Å². The molecule has 0 amide bonds. The summed E-state index contributed by atoms with van der Waals surface area (Å²) in [6.45, 7) is 0. The molecule has 0 aliphatic carbocycles. The summed E-state index contributed by atoms with van der Waals surface area (Å²) in [5.41, 5.74) is 0.0946. The molecule has 0 saturated carbocycles. The van der Waals surface area contributed by atoms with Gasteiger partial charge in [0.1, 0.15) is 5.75 Å². The highest BCUT2D eigenvalue weighted by molar-refractivity contribution is 7.17. The molecule has 1 aromatic carbocycles. The van der Waals surface area contributed by atoms with Gasteiger partial charge in [-0.3, -0.25) is 0 Å². The number of carboxylic acid groups (broad SMARTS) is 1. The average Bonchev–Trinajstić information content (AvgIpc) is 2.56. The van der Waals surface area contributed by atoms with Crippen LogP contribution in [0, 0.1) is 5.13 Å². The second-order valence-electron chi connectivity index (χ2n) is 2.95. The molecule has 0 aliphatic heterocycles. The number of hydrogen-bond acceptors (Lipinski definition) is 3. The first-order valence-electron chi connectivity index (χ1n) is 4.12. The lowest BCUT2D eigenvalue weighted by atomic mass is 10.1. The van der Waals surface area contributed by atoms with Crippen LogP contribution < -0.4 is 4.74 Å². The van der Waals surface area contributed by atoms with Crippen molar-refractivity contribution in [2.75, 3.05) is 7.11 Å². The van der Waals surface area contributed by atoms with Crippen LogP contribution in [-0.2, 0) is 0 Å². The molecule has 0 radical (unpaired) electrons. The Morgan fingerprint density at radius 2 is 2.20 bits per heavy atom. The third-order valence-electron chi connectivity index (χ3n) is 2.02. The molecule has 3 nitrogen and oxygen atoms in total. The van der Waals surface area contributed by atoms with E-state index in [1.54, 1.807) is 0 Å². The molecule has 0 saturated heterocycles. The normalized spacial score (nSPS) is 10.5. The number of methoxy groups -OCH3 is 1. The quantitative estimate of drug-likeness (QED) is 0.856. The highest BCUT2D eigenvalue weighted by atomic mass is 32.1. The van der Waals surface area contributed by atoms with Gasteiger partial charge in [0.2, 0.25) is 0 Å². The Labute approximate surface area is 88.7 Å². The van der Waals surface area contributed by atoms with E-state index in [2.05, 4.69) is 0 Å². The van der Waals surface area contributed by atoms with Crippen molar-refractivity contribution in [2.45, 2.75) is 0 Å². The monoisotopic (exact) mass is 226 g/mol. The molecule has 1 heterocycles. The number of carboxylic acids is 1. The van der Waals surface area contributed by atoms with Crippen LogP contribution in [0.5, 0.6) is 5.75 Å². The molecular formula is C10H7FO3S. The first kappa shape index (κ1) is 9.92. The van der Waals surface area contributed by atoms with Crippen molar-refractivity contribution in [3.8, 4) is 5.75 Å². The van der Waals surface area contributed by atoms with Crippen LogP contribution in [0.4, 0.5) is 4.39 Å². The van der Waals surface area contributed by atoms with E-state index in [1.165, 1.54) is 25.3 Å². The Balaban J connectivity index is 2.76. The fourth-order valence-corrected chi connectivity index (χ4v) is 2.22. The van der Waals surface area contributed by atoms with E-state index in [9.17, 15) is 9.18 Å². The van der Waals surface area contributed by atoms with Gasteiger partial charge in [0, 0.05) is 5.39 Å². The number of ether oxygens (including phenoxy) is 1. The Morgan fingerprint density at radius 3 is 2.80 bits per heavy atom. The average molecular weight is 226 g/mol. The number of carbonyl (C=O) groups is 1. The van der Waals surface area contributed by atoms with Crippen LogP contribution >= 0.6 is 11.3 Å². The second-order valence-corrected chi connectivity index (χ2v) is 3.95. The van der Waals surface area contributed by atoms with Gasteiger partial charge in [-0.05, 0) is 18.2 Å². The van der Waals surface area contributed by atoms with Crippen molar-refractivity contribution in [3.05, 3.63) is 28.9 Å². The molecule has 0 spiro atoms. The van der Waals surface area contributed by atoms with Gasteiger partial charge in [-0.1, -0.05) is 0 Å². The number of hydrogen-bond donors (Lipinski definition) is 1. The Hall–Kier alpha value is -1.62. The Morgan fingerprint density at radius 1 is 1.47 bits per heavy atom. The first-order valence-corrected chi connectivity index (χ1v) is 4.94. The molecule has 0 fully saturated rings. The van der Waals surface area contributed by atoms with Crippen molar-refractivity contribution in [2.24, 2.45) is 0 Å². The molecule has 0 unspecified atom stereocenters. The van der Waals surface area contributed by atoms with Crippen molar-refractivity contribution in [3.63, 3.8) is 0 Å². The number of halogens is 1. The lowest BCUT2D eigenvalue weighted by Crippen LogP contribution is -1.96. The van der Waals surface area contributed by atoms with E-state index in [4.69, 9.17) is 9.84 Å². The maximum Gasteiger partial charge on any atom is 0.335 e. The second kappa shape index (κ2) is 3.51. The van der Waals surface area contributed by atoms with E-state index >= 15 is 0 Å². The van der Waals surface area contributed by atoms with Gasteiger partial charge in [0.25, 0.3) is 0 Å². The minimum atomic E-state index is -1.05. The predicted molar refractivity (Wildman–Crippen MR) is 55.3 cm³/mol. The minimum absolute atomic E-state index is 0.0946. The molecule has 1 aromatic heterocycles. The third kappa shape index (κ3) is 1.66. The number of benzene rings is 1. The SMILES string of the molecule is COc1cc(C(=O)O)cc2cc(F)sc12. The van der Waals surface area contributed by atoms with Gasteiger partial charge < -0.3 is 9.84 Å². The van der Waals surface area contributed by atoms with E-state index in [-0.39, 0.29) is 10.7 Å². The molecule has 78 valence electrons. The highest BCUT2D eigenvalue weighted by Gasteiger charge is 2.12. The maximum absolute atomic E-state index is 13.0. The zero-order valence-electron chi connectivity index (χ0n) is 7.78. The third-order valence-corrected chi connectivity index (χ3v) is 2.97. The molecular weight excluding hydrogens is 219 g/mol. The van der Waals surface area contributed by atoms with Crippen LogP contribution in [0.2, 0.25) is 0 Å². The Bertz CT molecular complexity index is 533. The van der Waals surface area contributed by atoms with Crippen LogP contribution in [0.15, 0.2) is 18.2 Å². The number of fused-ring (bicyclic) bond motifs is 1. The van der Waals surface area contributed by atoms with Crippen molar-refractivity contribution in [1.29, 1.82) is 0 Å². The van der Waals surface area contributed by atoms with Crippen molar-refractivity contribution >= 4 is 27.4 Å². The first-order chi connectivity index (χ1) is 7.11. The Kier molecular flexibility index (Phi) is 2.32. The fraction of sp³-hybridized carbons (Fsp3) is 0.100. The molecule has 1 N–H and O–H groups in total. The van der Waals surface area contributed by atoms with Crippen LogP contribution in [-0.4, -0.2) is 18.2 Å². The van der Waals surface area contributed by atoms with Gasteiger partial charge >= 0.3 is 5.97 Å². The minimum Gasteiger partial charge on any atom is -0.495 e. The number of thiophene rings is 1. The van der Waals surface area contributed by atoms with Crippen molar-refractivity contribution in [1.82, 2.24) is 0 Å². The summed E-state index contributed by atoms with van der Waals surface area (Å²) in [4.78, 5) is 10.8. The van der Waals surface area contributed by atoms with Gasteiger partial charge in [0.05, 0.1) is 17.4 Å². The maximum atomic E-state index is 13.0. The van der Waals surface area contributed by atoms with Crippen LogP contribution in [0.3, 0.4) is 0 Å². The smallest absolute Gasteiger partial charge is 0.335 e. The topological polar surface area (TPSA) is 46.5 Å². The molecule has 0 atom stereocenters. The van der Waals surface area contributed by atoms with Gasteiger partial charge in [0.15, 0.2) is 5.13 Å². The summed E-state index contributed by atoms with van der Waals surface area (Å²) >= 11 is 0.939. The fourth-order valence-electron chi connectivity index (χ4n) is 1.36. The van der Waals surface area contributed by atoms with Gasteiger partial charge in [-0.2, -0.15) is 4.39 Å². The van der Waals surface area contributed by atoms with E-state index in [0.29, 0.717) is 15.8 Å². The van der Waals surface area contributed by atoms with Gasteiger partial charge in [-0.15, -0.1) is 11.3 Å². The van der Waals surface area contributed by atoms with Gasteiger partial charge in [-0.25, -0.2) is 4.79 Å². The standard InChI is InChI=1S/C10H7FO3S/c1-14-7-3-6(10(12)13)2-5-4-8(11)15-9(5)7/h2-4H,1H3,(H,12,13). The predicted octanol–water partition coefficient (Wildman–Crippen LogP) is 2.75. The van der Waals surface area contributed by atoms with E-state index in [1.807, 2.05) is 0 Å². The number of aromatic carboxylic acids is 1. The molecule has 0 aliphatic rings. The zero-order valence-corrected chi connectivity index (χ0v) is 8.60. The lowest BCUT2D eigenvalue weighted by molar-refractivity contribution is 0.0696.